The van der Waals surface area contributed by atoms with Crippen molar-refractivity contribution in [2.45, 2.75) is 185 Å². The predicted octanol–water partition coefficient (Wildman–Crippen LogP) is 1.28. The van der Waals surface area contributed by atoms with Gasteiger partial charge < -0.3 is 64.4 Å². The molecule has 0 spiro atoms. The molecule has 14 nitrogen and oxygen atoms in total. The van der Waals surface area contributed by atoms with Crippen molar-refractivity contribution in [3.8, 4) is 0 Å². The third-order valence-electron chi connectivity index (χ3n) is 12.1. The lowest BCUT2D eigenvalue weighted by atomic mass is 9.73. The van der Waals surface area contributed by atoms with E-state index >= 15 is 0 Å². The summed E-state index contributed by atoms with van der Waals surface area (Å²) in [6, 6.07) is -0.238. The maximum Gasteiger partial charge on any atom is 0.311 e. The molecule has 0 aliphatic carbocycles. The maximum atomic E-state index is 14.1. The molecule has 0 saturated carbocycles. The maximum absolute atomic E-state index is 14.1. The van der Waals surface area contributed by atoms with E-state index in [1.165, 1.54) is 14.0 Å². The minimum Gasteiger partial charge on any atom is -0.459 e. The highest BCUT2D eigenvalue weighted by molar-refractivity contribution is 5.73. The second-order valence-electron chi connectivity index (χ2n) is 16.4. The molecule has 7 N–H and O–H groups in total. The molecule has 0 amide bonds. The summed E-state index contributed by atoms with van der Waals surface area (Å²) in [6.07, 6.45) is -9.39. The van der Waals surface area contributed by atoms with Gasteiger partial charge in [0.25, 0.3) is 0 Å². The fraction of sp³-hybridized carbons (Fsp3) is 0.973. The van der Waals surface area contributed by atoms with Gasteiger partial charge in [0.05, 0.1) is 66.5 Å². The van der Waals surface area contributed by atoms with Crippen LogP contribution in [0.15, 0.2) is 0 Å². The number of cyclic esters (lactones) is 1. The zero-order chi connectivity index (χ0) is 38.8. The quantitative estimate of drug-likeness (QED) is 0.176. The average Bonchev–Trinajstić information content (AvgIpc) is 3.07. The van der Waals surface area contributed by atoms with Crippen LogP contribution < -0.4 is 5.32 Å². The molecule has 0 aromatic rings. The average molecular weight is 736 g/mol. The SMILES string of the molecule is CC[C@H]1OC(=O)[C@H](C)[C@@H](O[C@H]2C[C@@](C)(OC)[C@@H](O)[C@H](C)O2)[C@H](C)[C@@H](OC[C@@H]2O[C@H](C)C[C@H](NC)[C@H]2O)[C@](C)(O)C[C@@H](C)[C@H](O)[C@H](C)[C@@H](O)[C@]1(C)O. The highest BCUT2D eigenvalue weighted by atomic mass is 16.7. The summed E-state index contributed by atoms with van der Waals surface area (Å²) in [5, 5.41) is 71.9. The summed E-state index contributed by atoms with van der Waals surface area (Å²) in [5.41, 5.74) is -4.62. The summed E-state index contributed by atoms with van der Waals surface area (Å²) in [7, 11) is 3.26. The Bertz CT molecular complexity index is 1110. The third kappa shape index (κ3) is 9.81. The molecule has 3 rings (SSSR count). The number of hydrogen-bond acceptors (Lipinski definition) is 14. The number of rotatable bonds is 8. The normalized spacial score (nSPS) is 51.1. The first kappa shape index (κ1) is 44.4. The van der Waals surface area contributed by atoms with Crippen molar-refractivity contribution < 1.29 is 63.9 Å². The van der Waals surface area contributed by atoms with Gasteiger partial charge in [-0.2, -0.15) is 0 Å². The molecule has 51 heavy (non-hydrogen) atoms. The Labute approximate surface area is 304 Å². The van der Waals surface area contributed by atoms with E-state index in [2.05, 4.69) is 5.32 Å². The molecule has 14 heteroatoms. The number of hydrogen-bond donors (Lipinski definition) is 7. The Morgan fingerprint density at radius 3 is 2.10 bits per heavy atom. The van der Waals surface area contributed by atoms with Gasteiger partial charge >= 0.3 is 5.97 Å². The minimum absolute atomic E-state index is 0.000346. The third-order valence-corrected chi connectivity index (χ3v) is 12.1. The second kappa shape index (κ2) is 17.6. The van der Waals surface area contributed by atoms with Gasteiger partial charge in [-0.05, 0) is 73.8 Å². The van der Waals surface area contributed by atoms with Crippen LogP contribution in [-0.4, -0.2) is 148 Å². The van der Waals surface area contributed by atoms with Crippen molar-refractivity contribution >= 4 is 5.97 Å². The van der Waals surface area contributed by atoms with Crippen LogP contribution >= 0.6 is 0 Å². The lowest BCUT2D eigenvalue weighted by Crippen LogP contribution is -2.60. The van der Waals surface area contributed by atoms with Crippen molar-refractivity contribution in [2.24, 2.45) is 23.7 Å². The van der Waals surface area contributed by atoms with E-state index < -0.39 is 108 Å². The molecule has 3 fully saturated rings. The highest BCUT2D eigenvalue weighted by Crippen LogP contribution is 2.40. The number of nitrogens with one attached hydrogen (secondary N) is 1. The van der Waals surface area contributed by atoms with Crippen LogP contribution in [0.2, 0.25) is 0 Å². The van der Waals surface area contributed by atoms with Gasteiger partial charge in [0.1, 0.15) is 23.9 Å². The van der Waals surface area contributed by atoms with Crippen molar-refractivity contribution in [3.63, 3.8) is 0 Å². The number of likely N-dealkylation sites (N-methyl/N-ethyl adjacent to an activating group) is 1. The van der Waals surface area contributed by atoms with Crippen molar-refractivity contribution in [1.82, 2.24) is 5.32 Å². The summed E-state index contributed by atoms with van der Waals surface area (Å²) < 4.78 is 37.0. The minimum atomic E-state index is -1.92. The van der Waals surface area contributed by atoms with Gasteiger partial charge in [-0.3, -0.25) is 4.79 Å². The molecule has 0 aromatic carbocycles. The van der Waals surface area contributed by atoms with Crippen LogP contribution in [0.4, 0.5) is 0 Å². The lowest BCUT2D eigenvalue weighted by molar-refractivity contribution is -0.301. The Morgan fingerprint density at radius 2 is 1.53 bits per heavy atom. The first-order chi connectivity index (χ1) is 23.6. The summed E-state index contributed by atoms with van der Waals surface area (Å²) >= 11 is 0. The Hall–Kier alpha value is -1.01. The van der Waals surface area contributed by atoms with E-state index in [0.29, 0.717) is 6.42 Å². The van der Waals surface area contributed by atoms with Gasteiger partial charge in [-0.25, -0.2) is 0 Å². The molecular formula is C37H69NO13. The van der Waals surface area contributed by atoms with E-state index in [1.54, 1.807) is 62.4 Å². The Balaban J connectivity index is 2.12. The van der Waals surface area contributed by atoms with Crippen molar-refractivity contribution in [1.29, 1.82) is 0 Å². The number of esters is 1. The molecule has 0 bridgehead atoms. The number of carbonyl (C=O) groups is 1. The Kier molecular flexibility index (Phi) is 15.3. The molecular weight excluding hydrogens is 666 g/mol. The van der Waals surface area contributed by atoms with Crippen molar-refractivity contribution in [3.05, 3.63) is 0 Å². The van der Waals surface area contributed by atoms with E-state index in [9.17, 15) is 35.4 Å². The van der Waals surface area contributed by atoms with Crippen LogP contribution in [-0.2, 0) is 33.2 Å². The van der Waals surface area contributed by atoms with E-state index in [0.717, 1.165) is 0 Å². The van der Waals surface area contributed by atoms with E-state index in [1.807, 2.05) is 6.92 Å². The largest absolute Gasteiger partial charge is 0.459 e. The number of methoxy groups -OCH3 is 1. The molecule has 0 aromatic heterocycles. The fourth-order valence-electron chi connectivity index (χ4n) is 8.67. The molecule has 3 aliphatic heterocycles. The summed E-state index contributed by atoms with van der Waals surface area (Å²) in [5.74, 6) is -3.96. The molecule has 0 radical (unpaired) electrons. The zero-order valence-electron chi connectivity index (χ0n) is 32.8. The summed E-state index contributed by atoms with van der Waals surface area (Å²) in [6.45, 7) is 16.7. The lowest BCUT2D eigenvalue weighted by Gasteiger charge is -2.48. The molecule has 3 heterocycles. The van der Waals surface area contributed by atoms with Crippen LogP contribution in [0.3, 0.4) is 0 Å². The predicted molar refractivity (Wildman–Crippen MR) is 187 cm³/mol. The molecule has 19 atom stereocenters. The van der Waals surface area contributed by atoms with E-state index in [-0.39, 0.29) is 38.0 Å². The van der Waals surface area contributed by atoms with Gasteiger partial charge in [0.15, 0.2) is 6.29 Å². The Morgan fingerprint density at radius 1 is 0.902 bits per heavy atom. The molecule has 300 valence electrons. The van der Waals surface area contributed by atoms with Crippen LogP contribution in [0, 0.1) is 23.7 Å². The molecule has 0 unspecified atom stereocenters. The second-order valence-corrected chi connectivity index (χ2v) is 16.4. The van der Waals surface area contributed by atoms with Gasteiger partial charge in [0, 0.05) is 31.4 Å². The summed E-state index contributed by atoms with van der Waals surface area (Å²) in [4.78, 5) is 14.1. The first-order valence-electron chi connectivity index (χ1n) is 18.7. The smallest absolute Gasteiger partial charge is 0.311 e. The van der Waals surface area contributed by atoms with Gasteiger partial charge in [-0.15, -0.1) is 0 Å². The number of ether oxygens (including phenoxy) is 6. The zero-order valence-corrected chi connectivity index (χ0v) is 32.8. The van der Waals surface area contributed by atoms with Crippen LogP contribution in [0.5, 0.6) is 0 Å². The topological polar surface area (TPSA) is 206 Å². The van der Waals surface area contributed by atoms with Crippen molar-refractivity contribution in [2.75, 3.05) is 20.8 Å². The number of carbonyl (C=O) groups excluding carboxylic acids is 1. The van der Waals surface area contributed by atoms with Crippen LogP contribution in [0.1, 0.15) is 94.9 Å². The van der Waals surface area contributed by atoms with Gasteiger partial charge in [-0.1, -0.05) is 27.7 Å². The number of aliphatic hydroxyl groups excluding tert-OH is 4. The fourth-order valence-corrected chi connectivity index (χ4v) is 8.67. The number of aliphatic hydroxyl groups is 6. The standard InChI is InChI=1S/C37H69NO13/c1-13-26-37(10,45)31(41)20(4)28(39)18(2)15-35(8,44)33(47-17-25-29(40)24(38-11)14-19(3)48-25)21(5)30(22(6)34(43)50-26)51-27-16-36(9,46-12)32(42)23(7)49-27/h18-33,38-42,44-45H,13-17H2,1-12H3/t18-,19-,20+,21+,22-,23+,24+,25+,26-,27+,28+,29-,30+,31-,32+,33-,35-,36-,37-/m1/s1. The van der Waals surface area contributed by atoms with Crippen LogP contribution in [0.25, 0.3) is 0 Å². The first-order valence-corrected chi connectivity index (χ1v) is 18.7. The molecule has 3 saturated heterocycles. The highest BCUT2D eigenvalue weighted by Gasteiger charge is 2.52. The van der Waals surface area contributed by atoms with Gasteiger partial charge in [0.2, 0.25) is 0 Å². The van der Waals surface area contributed by atoms with E-state index in [4.69, 9.17) is 28.4 Å². The molecule has 3 aliphatic rings. The monoisotopic (exact) mass is 735 g/mol.